The number of hydrogen-bond donors (Lipinski definition) is 4. The van der Waals surface area contributed by atoms with Gasteiger partial charge >= 0.3 is 17.9 Å². The Morgan fingerprint density at radius 2 is 1.72 bits per heavy atom. The summed E-state index contributed by atoms with van der Waals surface area (Å²) >= 11 is 0. The highest BCUT2D eigenvalue weighted by atomic mass is 16.6. The normalized spacial score (nSPS) is 42.2. The van der Waals surface area contributed by atoms with Gasteiger partial charge in [-0.2, -0.15) is 0 Å². The van der Waals surface area contributed by atoms with E-state index in [-0.39, 0.29) is 5.56 Å². The van der Waals surface area contributed by atoms with Crippen LogP contribution in [0.4, 0.5) is 0 Å². The van der Waals surface area contributed by atoms with E-state index in [0.717, 1.165) is 6.92 Å². The largest absolute Gasteiger partial charge is 0.463 e. The van der Waals surface area contributed by atoms with Crippen LogP contribution in [-0.2, 0) is 23.8 Å². The molecule has 1 saturated heterocycles. The molecule has 4 aliphatic rings. The van der Waals surface area contributed by atoms with Gasteiger partial charge in [0.2, 0.25) is 0 Å². The van der Waals surface area contributed by atoms with Crippen molar-refractivity contribution in [2.24, 2.45) is 16.7 Å². The molecule has 3 aliphatic carbocycles. The molecule has 0 radical (unpaired) electrons. The Morgan fingerprint density at radius 1 is 1.08 bits per heavy atom. The molecule has 4 N–H and O–H groups in total. The fraction of sp³-hybridized carbons (Fsp3) is 0.621. The first-order valence-corrected chi connectivity index (χ1v) is 13.2. The lowest BCUT2D eigenvalue weighted by atomic mass is 9.38. The SMILES string of the molecule is CC(=O)OC[C@@]1(O)[C@H]2[C@H](OC(=O)c3ccccc3)[C@@]34CCC(C)=C3[C@](O)(C(=O)OC4(C)C)[C@]2(C)[C@@H](O)C[C@@H]1O. The Labute approximate surface area is 226 Å². The van der Waals surface area contributed by atoms with Gasteiger partial charge in [-0.05, 0) is 51.3 Å². The van der Waals surface area contributed by atoms with Crippen LogP contribution >= 0.6 is 0 Å². The zero-order chi connectivity index (χ0) is 28.8. The fourth-order valence-corrected chi connectivity index (χ4v) is 8.12. The number of cyclic esters (lactones) is 1. The number of benzene rings is 1. The summed E-state index contributed by atoms with van der Waals surface area (Å²) in [6, 6.07) is 8.21. The molecule has 1 aromatic rings. The molecule has 10 nitrogen and oxygen atoms in total. The van der Waals surface area contributed by atoms with Gasteiger partial charge in [-0.25, -0.2) is 9.59 Å². The minimum Gasteiger partial charge on any atom is -0.463 e. The van der Waals surface area contributed by atoms with Gasteiger partial charge < -0.3 is 34.6 Å². The number of allylic oxidation sites excluding steroid dienone is 1. The Balaban J connectivity index is 1.82. The second-order valence-corrected chi connectivity index (χ2v) is 12.2. The molecule has 1 heterocycles. The predicted molar refractivity (Wildman–Crippen MR) is 135 cm³/mol. The van der Waals surface area contributed by atoms with Gasteiger partial charge in [0.05, 0.1) is 23.2 Å². The lowest BCUT2D eigenvalue weighted by Gasteiger charge is -2.71. The first-order valence-electron chi connectivity index (χ1n) is 13.2. The average Bonchev–Trinajstić information content (AvgIpc) is 3.24. The molecule has 0 aromatic heterocycles. The van der Waals surface area contributed by atoms with Gasteiger partial charge in [-0.15, -0.1) is 0 Å². The summed E-state index contributed by atoms with van der Waals surface area (Å²) in [6.45, 7) is 6.97. The summed E-state index contributed by atoms with van der Waals surface area (Å²) in [6.07, 6.45) is -4.20. The van der Waals surface area contributed by atoms with Gasteiger partial charge in [0.25, 0.3) is 0 Å². The van der Waals surface area contributed by atoms with E-state index in [0.29, 0.717) is 24.0 Å². The fourth-order valence-electron chi connectivity index (χ4n) is 8.12. The van der Waals surface area contributed by atoms with Gasteiger partial charge in [0.15, 0.2) is 5.60 Å². The van der Waals surface area contributed by atoms with Crippen molar-refractivity contribution in [2.45, 2.75) is 89.0 Å². The molecule has 1 aromatic carbocycles. The number of rotatable bonds is 4. The molecule has 5 rings (SSSR count). The molecule has 0 unspecified atom stereocenters. The van der Waals surface area contributed by atoms with Gasteiger partial charge in [-0.3, -0.25) is 4.79 Å². The lowest BCUT2D eigenvalue weighted by molar-refractivity contribution is -0.340. The Kier molecular flexibility index (Phi) is 6.12. The maximum absolute atomic E-state index is 13.8. The van der Waals surface area contributed by atoms with Crippen LogP contribution in [0.3, 0.4) is 0 Å². The zero-order valence-corrected chi connectivity index (χ0v) is 22.8. The number of fused-ring (bicyclic) bond motifs is 2. The molecule has 39 heavy (non-hydrogen) atoms. The number of aliphatic hydroxyl groups is 4. The van der Waals surface area contributed by atoms with Crippen molar-refractivity contribution in [1.82, 2.24) is 0 Å². The summed E-state index contributed by atoms with van der Waals surface area (Å²) in [5.74, 6) is -3.91. The second kappa shape index (κ2) is 8.60. The quantitative estimate of drug-likeness (QED) is 0.248. The summed E-state index contributed by atoms with van der Waals surface area (Å²) < 4.78 is 17.4. The van der Waals surface area contributed by atoms with Crippen LogP contribution in [0.15, 0.2) is 41.5 Å². The van der Waals surface area contributed by atoms with Crippen LogP contribution in [0.1, 0.15) is 64.2 Å². The van der Waals surface area contributed by atoms with Crippen molar-refractivity contribution in [3.05, 3.63) is 47.0 Å². The maximum atomic E-state index is 13.8. The summed E-state index contributed by atoms with van der Waals surface area (Å²) in [4.78, 5) is 39.2. The van der Waals surface area contributed by atoms with E-state index in [1.54, 1.807) is 51.1 Å². The number of carbonyl (C=O) groups excluding carboxylic acids is 3. The number of esters is 3. The van der Waals surface area contributed by atoms with E-state index in [1.807, 2.05) is 0 Å². The number of hydrogen-bond acceptors (Lipinski definition) is 10. The van der Waals surface area contributed by atoms with Crippen LogP contribution in [-0.4, -0.2) is 80.1 Å². The molecular weight excluding hydrogens is 508 g/mol. The Hall–Kier alpha value is -2.79. The number of ether oxygens (including phenoxy) is 3. The first kappa shape index (κ1) is 27.8. The molecule has 0 amide bonds. The van der Waals surface area contributed by atoms with Crippen LogP contribution in [0.5, 0.6) is 0 Å². The molecule has 212 valence electrons. The highest BCUT2D eigenvalue weighted by Gasteiger charge is 2.85. The number of aliphatic hydroxyl groups excluding tert-OH is 2. The minimum atomic E-state index is -2.42. The molecule has 2 bridgehead atoms. The van der Waals surface area contributed by atoms with Crippen molar-refractivity contribution < 1.29 is 49.0 Å². The van der Waals surface area contributed by atoms with E-state index in [4.69, 9.17) is 14.2 Å². The Morgan fingerprint density at radius 3 is 2.33 bits per heavy atom. The Bertz CT molecular complexity index is 1260. The first-order chi connectivity index (χ1) is 18.1. The summed E-state index contributed by atoms with van der Waals surface area (Å²) in [7, 11) is 0. The monoisotopic (exact) mass is 544 g/mol. The van der Waals surface area contributed by atoms with Crippen LogP contribution in [0, 0.1) is 16.7 Å². The molecule has 3 fully saturated rings. The van der Waals surface area contributed by atoms with Crippen LogP contribution in [0.2, 0.25) is 0 Å². The summed E-state index contributed by atoms with van der Waals surface area (Å²) in [5.41, 5.74) is -8.07. The standard InChI is InChI=1S/C29H36O10/c1-15-11-12-27-20(15)29(36,24(34)39-25(27,3)4)26(5)18(31)13-19(32)28(35,14-37-16(2)30)21(26)22(27)38-23(33)17-9-7-6-8-10-17/h6-10,18-19,21-22,31-32,35-36H,11-14H2,1-5H3/t18-,19-,21-,22-,26+,27+,28-,29-/m0/s1. The third kappa shape index (κ3) is 3.32. The molecule has 1 aliphatic heterocycles. The van der Waals surface area contributed by atoms with E-state index >= 15 is 0 Å². The average molecular weight is 545 g/mol. The second-order valence-electron chi connectivity index (χ2n) is 12.2. The van der Waals surface area contributed by atoms with E-state index in [1.165, 1.54) is 6.92 Å². The number of carbonyl (C=O) groups is 3. The highest BCUT2D eigenvalue weighted by Crippen LogP contribution is 2.74. The van der Waals surface area contributed by atoms with E-state index < -0.39 is 82.8 Å². The lowest BCUT2D eigenvalue weighted by Crippen LogP contribution is -2.85. The van der Waals surface area contributed by atoms with Crippen molar-refractivity contribution in [3.8, 4) is 0 Å². The van der Waals surface area contributed by atoms with Crippen molar-refractivity contribution >= 4 is 17.9 Å². The zero-order valence-electron chi connectivity index (χ0n) is 22.8. The molecule has 8 atom stereocenters. The topological polar surface area (TPSA) is 160 Å². The van der Waals surface area contributed by atoms with Crippen LogP contribution in [0.25, 0.3) is 0 Å². The predicted octanol–water partition coefficient (Wildman–Crippen LogP) is 1.43. The molecular formula is C29H36O10. The van der Waals surface area contributed by atoms with Crippen LogP contribution < -0.4 is 0 Å². The molecule has 0 spiro atoms. The van der Waals surface area contributed by atoms with Crippen molar-refractivity contribution in [1.29, 1.82) is 0 Å². The smallest absolute Gasteiger partial charge is 0.343 e. The minimum absolute atomic E-state index is 0.225. The maximum Gasteiger partial charge on any atom is 0.343 e. The molecule has 10 heteroatoms. The van der Waals surface area contributed by atoms with E-state index in [9.17, 15) is 34.8 Å². The van der Waals surface area contributed by atoms with E-state index in [2.05, 4.69) is 0 Å². The van der Waals surface area contributed by atoms with Gasteiger partial charge in [0.1, 0.15) is 23.9 Å². The summed E-state index contributed by atoms with van der Waals surface area (Å²) in [5, 5.41) is 47.5. The van der Waals surface area contributed by atoms with Gasteiger partial charge in [0, 0.05) is 24.7 Å². The third-order valence-electron chi connectivity index (χ3n) is 10.1. The highest BCUT2D eigenvalue weighted by molar-refractivity contribution is 5.91. The molecule has 2 saturated carbocycles. The van der Waals surface area contributed by atoms with Crippen molar-refractivity contribution in [3.63, 3.8) is 0 Å². The van der Waals surface area contributed by atoms with Gasteiger partial charge in [-0.1, -0.05) is 30.7 Å². The third-order valence-corrected chi connectivity index (χ3v) is 10.1. The van der Waals surface area contributed by atoms with Crippen molar-refractivity contribution in [2.75, 3.05) is 6.61 Å².